The van der Waals surface area contributed by atoms with E-state index < -0.39 is 11.7 Å². The fourth-order valence-electron chi connectivity index (χ4n) is 2.20. The zero-order valence-corrected chi connectivity index (χ0v) is 12.0. The first-order chi connectivity index (χ1) is 9.90. The van der Waals surface area contributed by atoms with Gasteiger partial charge in [0.2, 0.25) is 5.91 Å². The van der Waals surface area contributed by atoms with E-state index in [2.05, 4.69) is 0 Å². The minimum atomic E-state index is -0.646. The predicted octanol–water partition coefficient (Wildman–Crippen LogP) is 2.70. The van der Waals surface area contributed by atoms with Crippen LogP contribution in [0.3, 0.4) is 0 Å². The Bertz CT molecular complexity index is 672. The Morgan fingerprint density at radius 2 is 1.95 bits per heavy atom. The third kappa shape index (κ3) is 3.13. The van der Waals surface area contributed by atoms with Gasteiger partial charge in [-0.05, 0) is 42.8 Å². The first-order valence-corrected chi connectivity index (χ1v) is 6.57. The number of benzene rings is 2. The maximum Gasteiger partial charge on any atom is 0.248 e. The van der Waals surface area contributed by atoms with Crippen molar-refractivity contribution >= 4 is 17.3 Å². The lowest BCUT2D eigenvalue weighted by molar-refractivity contribution is 0.1000. The molecule has 0 aliphatic rings. The quantitative estimate of drug-likeness (QED) is 0.849. The molecule has 4 nitrogen and oxygen atoms in total. The lowest BCUT2D eigenvalue weighted by Gasteiger charge is -2.28. The summed E-state index contributed by atoms with van der Waals surface area (Å²) in [5, 5.41) is 0. The number of anilines is 2. The fraction of sp³-hybridized carbons (Fsp3) is 0.188. The Hall–Kier alpha value is -2.56. The van der Waals surface area contributed by atoms with Crippen LogP contribution >= 0.6 is 0 Å². The van der Waals surface area contributed by atoms with E-state index in [1.807, 2.05) is 25.1 Å². The van der Waals surface area contributed by atoms with Crippen LogP contribution < -0.4 is 16.4 Å². The number of primary amides is 1. The molecule has 0 heterocycles. The molecule has 21 heavy (non-hydrogen) atoms. The molecule has 4 N–H and O–H groups in total. The van der Waals surface area contributed by atoms with Gasteiger partial charge in [-0.1, -0.05) is 12.1 Å². The van der Waals surface area contributed by atoms with Gasteiger partial charge in [-0.3, -0.25) is 4.79 Å². The Morgan fingerprint density at radius 3 is 2.52 bits per heavy atom. The van der Waals surface area contributed by atoms with E-state index >= 15 is 0 Å². The second-order valence-electron chi connectivity index (χ2n) is 4.99. The summed E-state index contributed by atoms with van der Waals surface area (Å²) in [4.78, 5) is 12.8. The van der Waals surface area contributed by atoms with Gasteiger partial charge in [0.15, 0.2) is 0 Å². The molecule has 0 saturated heterocycles. The normalized spacial score (nSPS) is 12.0. The number of nitrogens with two attached hydrogens (primary N) is 2. The van der Waals surface area contributed by atoms with Crippen LogP contribution in [0.1, 0.15) is 28.9 Å². The number of rotatable bonds is 4. The number of hydrogen-bond acceptors (Lipinski definition) is 3. The number of halogens is 1. The zero-order chi connectivity index (χ0) is 15.6. The average Bonchev–Trinajstić information content (AvgIpc) is 2.45. The number of nitrogen functional groups attached to an aromatic ring is 1. The topological polar surface area (TPSA) is 72.3 Å². The molecule has 0 aliphatic carbocycles. The van der Waals surface area contributed by atoms with Gasteiger partial charge < -0.3 is 16.4 Å². The number of hydrogen-bond donors (Lipinski definition) is 2. The molecule has 0 bridgehead atoms. The fourth-order valence-corrected chi connectivity index (χ4v) is 2.20. The maximum absolute atomic E-state index is 14.1. The highest BCUT2D eigenvalue weighted by Crippen LogP contribution is 2.28. The zero-order valence-electron chi connectivity index (χ0n) is 12.0. The van der Waals surface area contributed by atoms with Crippen molar-refractivity contribution in [3.05, 3.63) is 59.4 Å². The summed E-state index contributed by atoms with van der Waals surface area (Å²) in [6, 6.07) is 11.6. The van der Waals surface area contributed by atoms with Gasteiger partial charge in [-0.25, -0.2) is 4.39 Å². The van der Waals surface area contributed by atoms with Crippen LogP contribution in [0.4, 0.5) is 15.8 Å². The second kappa shape index (κ2) is 5.83. The Balaban J connectivity index is 2.31. The first-order valence-electron chi connectivity index (χ1n) is 6.57. The standard InChI is InChI=1S/C16H18FN3O/c1-10(11-4-3-5-13(18)8-11)20(2)15-7-6-12(16(19)21)9-14(15)17/h3-10H,18H2,1-2H3,(H2,19,21). The van der Waals surface area contributed by atoms with Crippen LogP contribution in [-0.4, -0.2) is 13.0 Å². The predicted molar refractivity (Wildman–Crippen MR) is 82.6 cm³/mol. The number of carbonyl (C=O) groups excluding carboxylic acids is 1. The van der Waals surface area contributed by atoms with E-state index in [-0.39, 0.29) is 11.6 Å². The molecule has 0 spiro atoms. The summed E-state index contributed by atoms with van der Waals surface area (Å²) < 4.78 is 14.1. The summed E-state index contributed by atoms with van der Waals surface area (Å²) >= 11 is 0. The van der Waals surface area contributed by atoms with Crippen molar-refractivity contribution in [3.8, 4) is 0 Å². The lowest BCUT2D eigenvalue weighted by Crippen LogP contribution is -2.23. The van der Waals surface area contributed by atoms with Crippen molar-refractivity contribution in [2.24, 2.45) is 5.73 Å². The molecule has 0 aliphatic heterocycles. The summed E-state index contributed by atoms with van der Waals surface area (Å²) in [6.45, 7) is 1.95. The van der Waals surface area contributed by atoms with Gasteiger partial charge in [0, 0.05) is 18.3 Å². The van der Waals surface area contributed by atoms with Crippen molar-refractivity contribution in [2.75, 3.05) is 17.7 Å². The van der Waals surface area contributed by atoms with Crippen molar-refractivity contribution in [3.63, 3.8) is 0 Å². The van der Waals surface area contributed by atoms with Crippen LogP contribution in [0.15, 0.2) is 42.5 Å². The van der Waals surface area contributed by atoms with E-state index in [4.69, 9.17) is 11.5 Å². The summed E-state index contributed by atoms with van der Waals surface area (Å²) in [5.41, 5.74) is 13.1. The molecule has 2 rings (SSSR count). The highest BCUT2D eigenvalue weighted by atomic mass is 19.1. The van der Waals surface area contributed by atoms with Crippen LogP contribution in [0.5, 0.6) is 0 Å². The van der Waals surface area contributed by atoms with Gasteiger partial charge in [0.05, 0.1) is 11.7 Å². The van der Waals surface area contributed by atoms with Crippen LogP contribution in [-0.2, 0) is 0 Å². The van der Waals surface area contributed by atoms with Crippen LogP contribution in [0.25, 0.3) is 0 Å². The molecule has 2 aromatic rings. The van der Waals surface area contributed by atoms with E-state index in [9.17, 15) is 9.18 Å². The SMILES string of the molecule is CC(c1cccc(N)c1)N(C)c1ccc(C(N)=O)cc1F. The monoisotopic (exact) mass is 287 g/mol. The van der Waals surface area contributed by atoms with Gasteiger partial charge in [0.25, 0.3) is 0 Å². The molecule has 0 fully saturated rings. The molecule has 1 amide bonds. The van der Waals surface area contributed by atoms with E-state index in [1.165, 1.54) is 6.07 Å². The Kier molecular flexibility index (Phi) is 4.12. The first kappa shape index (κ1) is 14.8. The highest BCUT2D eigenvalue weighted by molar-refractivity contribution is 5.93. The largest absolute Gasteiger partial charge is 0.399 e. The van der Waals surface area contributed by atoms with Gasteiger partial charge >= 0.3 is 0 Å². The third-order valence-corrected chi connectivity index (χ3v) is 3.59. The second-order valence-corrected chi connectivity index (χ2v) is 4.99. The molecule has 0 aromatic heterocycles. The summed E-state index contributed by atoms with van der Waals surface area (Å²) in [6.07, 6.45) is 0. The van der Waals surface area contributed by atoms with E-state index in [1.54, 1.807) is 24.1 Å². The molecule has 2 aromatic carbocycles. The molecular formula is C16H18FN3O. The minimum Gasteiger partial charge on any atom is -0.399 e. The molecule has 1 unspecified atom stereocenters. The van der Waals surface area contributed by atoms with Gasteiger partial charge in [-0.15, -0.1) is 0 Å². The molecular weight excluding hydrogens is 269 g/mol. The maximum atomic E-state index is 14.1. The van der Waals surface area contributed by atoms with Crippen molar-refractivity contribution in [2.45, 2.75) is 13.0 Å². The van der Waals surface area contributed by atoms with E-state index in [0.717, 1.165) is 11.6 Å². The highest BCUT2D eigenvalue weighted by Gasteiger charge is 2.17. The van der Waals surface area contributed by atoms with Gasteiger partial charge in [-0.2, -0.15) is 0 Å². The molecule has 0 radical (unpaired) electrons. The van der Waals surface area contributed by atoms with Gasteiger partial charge in [0.1, 0.15) is 5.82 Å². The molecule has 110 valence electrons. The lowest BCUT2D eigenvalue weighted by atomic mass is 10.1. The Morgan fingerprint density at radius 1 is 1.24 bits per heavy atom. The number of amides is 1. The third-order valence-electron chi connectivity index (χ3n) is 3.59. The minimum absolute atomic E-state index is 0.0672. The summed E-state index contributed by atoms with van der Waals surface area (Å²) in [5.74, 6) is -1.13. The molecule has 5 heteroatoms. The average molecular weight is 287 g/mol. The number of nitrogens with zero attached hydrogens (tertiary/aromatic N) is 1. The van der Waals surface area contributed by atoms with E-state index in [0.29, 0.717) is 11.4 Å². The van der Waals surface area contributed by atoms with Crippen molar-refractivity contribution in [1.29, 1.82) is 0 Å². The Labute approximate surface area is 123 Å². The van der Waals surface area contributed by atoms with Crippen LogP contribution in [0.2, 0.25) is 0 Å². The van der Waals surface area contributed by atoms with Crippen molar-refractivity contribution in [1.82, 2.24) is 0 Å². The van der Waals surface area contributed by atoms with Crippen molar-refractivity contribution < 1.29 is 9.18 Å². The summed E-state index contributed by atoms with van der Waals surface area (Å²) in [7, 11) is 1.79. The molecule has 1 atom stereocenters. The number of carbonyl (C=O) groups is 1. The molecule has 0 saturated carbocycles. The van der Waals surface area contributed by atoms with Crippen LogP contribution in [0, 0.1) is 5.82 Å². The smallest absolute Gasteiger partial charge is 0.248 e.